The summed E-state index contributed by atoms with van der Waals surface area (Å²) < 4.78 is 4.87. The van der Waals surface area contributed by atoms with E-state index in [1.165, 1.54) is 12.7 Å². The number of fused-ring (bicyclic) bond motifs is 1. The lowest BCUT2D eigenvalue weighted by molar-refractivity contribution is 0.0603. The smallest absolute Gasteiger partial charge is 0.338 e. The van der Waals surface area contributed by atoms with Gasteiger partial charge in [0, 0.05) is 0 Å². The lowest BCUT2D eigenvalue weighted by Gasteiger charge is -2.08. The Kier molecular flexibility index (Phi) is 4.19. The summed E-state index contributed by atoms with van der Waals surface area (Å²) in [4.78, 5) is 11.9. The van der Waals surface area contributed by atoms with Gasteiger partial charge in [0.2, 0.25) is 0 Å². The van der Waals surface area contributed by atoms with Gasteiger partial charge in [-0.2, -0.15) is 0 Å². The maximum Gasteiger partial charge on any atom is 0.338 e. The Morgan fingerprint density at radius 2 is 1.91 bits per heavy atom. The zero-order chi connectivity index (χ0) is 15.4. The standard InChI is InChI=1S/C20H18O2/c1-22-20(21)19-14-13-16(17-9-5-6-10-18(17)19)12-11-15-7-3-2-4-8-15/h2-3,5-7,9-14H,4,8H2,1H3/b12-11+. The van der Waals surface area contributed by atoms with Crippen LogP contribution in [0.1, 0.15) is 28.8 Å². The molecule has 22 heavy (non-hydrogen) atoms. The van der Waals surface area contributed by atoms with E-state index in [1.807, 2.05) is 36.4 Å². The van der Waals surface area contributed by atoms with Crippen molar-refractivity contribution in [2.24, 2.45) is 0 Å². The van der Waals surface area contributed by atoms with Gasteiger partial charge in [-0.05, 0) is 40.8 Å². The molecule has 0 amide bonds. The summed E-state index contributed by atoms with van der Waals surface area (Å²) in [7, 11) is 1.41. The van der Waals surface area contributed by atoms with E-state index in [-0.39, 0.29) is 5.97 Å². The third kappa shape index (κ3) is 2.86. The Balaban J connectivity index is 2.04. The van der Waals surface area contributed by atoms with E-state index < -0.39 is 0 Å². The summed E-state index contributed by atoms with van der Waals surface area (Å²) in [6, 6.07) is 11.7. The van der Waals surface area contributed by atoms with Crippen molar-refractivity contribution in [2.45, 2.75) is 12.8 Å². The maximum absolute atomic E-state index is 11.9. The minimum Gasteiger partial charge on any atom is -0.465 e. The summed E-state index contributed by atoms with van der Waals surface area (Å²) in [5, 5.41) is 1.99. The van der Waals surface area contributed by atoms with Crippen LogP contribution in [0.25, 0.3) is 16.8 Å². The molecule has 2 heteroatoms. The molecular formula is C20H18O2. The van der Waals surface area contributed by atoms with Crippen LogP contribution in [-0.2, 0) is 4.74 Å². The second kappa shape index (κ2) is 6.44. The second-order valence-electron chi connectivity index (χ2n) is 5.28. The number of hydrogen-bond acceptors (Lipinski definition) is 2. The fourth-order valence-corrected chi connectivity index (χ4v) is 2.71. The highest BCUT2D eigenvalue weighted by Crippen LogP contribution is 2.25. The van der Waals surface area contributed by atoms with Gasteiger partial charge in [-0.1, -0.05) is 60.7 Å². The molecule has 0 unspecified atom stereocenters. The molecule has 0 aromatic heterocycles. The zero-order valence-electron chi connectivity index (χ0n) is 12.6. The number of benzene rings is 2. The first-order valence-corrected chi connectivity index (χ1v) is 7.43. The van der Waals surface area contributed by atoms with Gasteiger partial charge >= 0.3 is 5.97 Å². The topological polar surface area (TPSA) is 26.3 Å². The van der Waals surface area contributed by atoms with Crippen molar-refractivity contribution in [1.29, 1.82) is 0 Å². The Hall–Kier alpha value is -2.61. The molecule has 0 bridgehead atoms. The zero-order valence-corrected chi connectivity index (χ0v) is 12.6. The van der Waals surface area contributed by atoms with Crippen LogP contribution in [0.15, 0.2) is 66.3 Å². The summed E-state index contributed by atoms with van der Waals surface area (Å²) in [6.07, 6.45) is 12.9. The van der Waals surface area contributed by atoms with Crippen LogP contribution in [0.3, 0.4) is 0 Å². The van der Waals surface area contributed by atoms with Gasteiger partial charge in [-0.3, -0.25) is 0 Å². The van der Waals surface area contributed by atoms with Crippen molar-refractivity contribution in [3.63, 3.8) is 0 Å². The van der Waals surface area contributed by atoms with Crippen LogP contribution < -0.4 is 0 Å². The van der Waals surface area contributed by atoms with E-state index in [9.17, 15) is 4.79 Å². The molecule has 1 aliphatic carbocycles. The van der Waals surface area contributed by atoms with E-state index in [1.54, 1.807) is 0 Å². The maximum atomic E-state index is 11.9. The molecule has 0 atom stereocenters. The Morgan fingerprint density at radius 1 is 1.09 bits per heavy atom. The first-order chi connectivity index (χ1) is 10.8. The molecule has 1 aliphatic rings. The number of hydrogen-bond donors (Lipinski definition) is 0. The van der Waals surface area contributed by atoms with Crippen molar-refractivity contribution in [3.8, 4) is 0 Å². The summed E-state index contributed by atoms with van der Waals surface area (Å²) >= 11 is 0. The van der Waals surface area contributed by atoms with Crippen LogP contribution in [0.2, 0.25) is 0 Å². The van der Waals surface area contributed by atoms with Crippen LogP contribution in [-0.4, -0.2) is 13.1 Å². The Morgan fingerprint density at radius 3 is 2.64 bits per heavy atom. The molecule has 2 aromatic carbocycles. The van der Waals surface area contributed by atoms with Gasteiger partial charge in [0.25, 0.3) is 0 Å². The lowest BCUT2D eigenvalue weighted by atomic mass is 9.98. The number of rotatable bonds is 3. The third-order valence-electron chi connectivity index (χ3n) is 3.89. The van der Waals surface area contributed by atoms with E-state index in [2.05, 4.69) is 30.4 Å². The van der Waals surface area contributed by atoms with Crippen LogP contribution >= 0.6 is 0 Å². The van der Waals surface area contributed by atoms with Gasteiger partial charge in [-0.25, -0.2) is 4.79 Å². The highest BCUT2D eigenvalue weighted by atomic mass is 16.5. The molecule has 3 rings (SSSR count). The van der Waals surface area contributed by atoms with E-state index in [0.29, 0.717) is 5.56 Å². The molecule has 2 nitrogen and oxygen atoms in total. The predicted molar refractivity (Wildman–Crippen MR) is 90.8 cm³/mol. The minimum absolute atomic E-state index is 0.299. The molecule has 0 radical (unpaired) electrons. The van der Waals surface area contributed by atoms with E-state index in [4.69, 9.17) is 4.74 Å². The molecule has 0 N–H and O–H groups in total. The first kappa shape index (κ1) is 14.3. The number of allylic oxidation sites excluding steroid dienone is 5. The number of ether oxygens (including phenoxy) is 1. The fraction of sp³-hybridized carbons (Fsp3) is 0.150. The predicted octanol–water partition coefficient (Wildman–Crippen LogP) is 4.92. The van der Waals surface area contributed by atoms with Crippen LogP contribution in [0.5, 0.6) is 0 Å². The quantitative estimate of drug-likeness (QED) is 0.750. The highest BCUT2D eigenvalue weighted by Gasteiger charge is 2.11. The van der Waals surface area contributed by atoms with Gasteiger partial charge in [-0.15, -0.1) is 0 Å². The Bertz CT molecular complexity index is 794. The summed E-state index contributed by atoms with van der Waals surface area (Å²) in [6.45, 7) is 0. The number of esters is 1. The van der Waals surface area contributed by atoms with Crippen molar-refractivity contribution >= 4 is 22.8 Å². The molecular weight excluding hydrogens is 272 g/mol. The molecule has 0 saturated heterocycles. The van der Waals surface area contributed by atoms with Gasteiger partial charge in [0.1, 0.15) is 0 Å². The minimum atomic E-state index is -0.299. The molecule has 0 aliphatic heterocycles. The average Bonchev–Trinajstić information content (AvgIpc) is 2.60. The number of carbonyl (C=O) groups is 1. The normalized spacial score (nSPS) is 14.3. The van der Waals surface area contributed by atoms with Crippen LogP contribution in [0, 0.1) is 0 Å². The molecule has 0 fully saturated rings. The van der Waals surface area contributed by atoms with Gasteiger partial charge in [0.05, 0.1) is 12.7 Å². The second-order valence-corrected chi connectivity index (χ2v) is 5.28. The lowest BCUT2D eigenvalue weighted by Crippen LogP contribution is -2.02. The average molecular weight is 290 g/mol. The third-order valence-corrected chi connectivity index (χ3v) is 3.89. The fourth-order valence-electron chi connectivity index (χ4n) is 2.71. The van der Waals surface area contributed by atoms with Gasteiger partial charge < -0.3 is 4.74 Å². The van der Waals surface area contributed by atoms with E-state index >= 15 is 0 Å². The van der Waals surface area contributed by atoms with Crippen molar-refractivity contribution in [3.05, 3.63) is 77.4 Å². The SMILES string of the molecule is COC(=O)c1ccc(/C=C/C2=CC=CCC2)c2ccccc12. The van der Waals surface area contributed by atoms with Crippen molar-refractivity contribution in [2.75, 3.05) is 7.11 Å². The molecule has 2 aromatic rings. The molecule has 0 spiro atoms. The monoisotopic (exact) mass is 290 g/mol. The van der Waals surface area contributed by atoms with E-state index in [0.717, 1.165) is 29.2 Å². The molecule has 0 saturated carbocycles. The Labute approximate surface area is 130 Å². The number of methoxy groups -OCH3 is 1. The largest absolute Gasteiger partial charge is 0.465 e. The molecule has 110 valence electrons. The first-order valence-electron chi connectivity index (χ1n) is 7.43. The highest BCUT2D eigenvalue weighted by molar-refractivity contribution is 6.06. The number of carbonyl (C=O) groups excluding carboxylic acids is 1. The summed E-state index contributed by atoms with van der Waals surface area (Å²) in [5.74, 6) is -0.299. The van der Waals surface area contributed by atoms with Gasteiger partial charge in [0.15, 0.2) is 0 Å². The summed E-state index contributed by atoms with van der Waals surface area (Å²) in [5.41, 5.74) is 3.04. The van der Waals surface area contributed by atoms with Crippen molar-refractivity contribution in [1.82, 2.24) is 0 Å². The molecule has 0 heterocycles. The van der Waals surface area contributed by atoms with Crippen LogP contribution in [0.4, 0.5) is 0 Å². The van der Waals surface area contributed by atoms with Crippen molar-refractivity contribution < 1.29 is 9.53 Å².